The van der Waals surface area contributed by atoms with E-state index in [0.29, 0.717) is 5.02 Å². The number of rotatable bonds is 0. The minimum Gasteiger partial charge on any atom is -0.254 e. The van der Waals surface area contributed by atoms with Gasteiger partial charge < -0.3 is 0 Å². The van der Waals surface area contributed by atoms with Crippen LogP contribution >= 0.6 is 27.5 Å². The molecule has 2 aromatic rings. The van der Waals surface area contributed by atoms with Gasteiger partial charge in [0.25, 0.3) is 0 Å². The number of benzene rings is 1. The van der Waals surface area contributed by atoms with E-state index in [0.717, 1.165) is 21.8 Å². The number of pyridine rings is 1. The molecule has 0 amide bonds. The first-order valence-corrected chi connectivity index (χ1v) is 6.69. The summed E-state index contributed by atoms with van der Waals surface area (Å²) in [6, 6.07) is 4.35. The molecule has 1 aliphatic carbocycles. The first-order valence-electron chi connectivity index (χ1n) is 5.52. The van der Waals surface area contributed by atoms with Gasteiger partial charge in [0, 0.05) is 16.1 Å². The molecule has 3 rings (SSSR count). The third-order valence-corrected chi connectivity index (χ3v) is 4.62. The molecule has 3 heteroatoms. The molecule has 0 unspecified atom stereocenters. The zero-order chi connectivity index (χ0) is 11.1. The minimum absolute atomic E-state index is 0.684. The van der Waals surface area contributed by atoms with Crippen molar-refractivity contribution in [3.8, 4) is 0 Å². The van der Waals surface area contributed by atoms with Crippen molar-refractivity contribution < 1.29 is 0 Å². The predicted molar refractivity (Wildman–Crippen MR) is 71.1 cm³/mol. The van der Waals surface area contributed by atoms with E-state index in [-0.39, 0.29) is 0 Å². The molecule has 0 saturated heterocycles. The van der Waals surface area contributed by atoms with Crippen molar-refractivity contribution in [2.75, 3.05) is 0 Å². The Morgan fingerprint density at radius 3 is 2.88 bits per heavy atom. The van der Waals surface area contributed by atoms with Crippen LogP contribution in [0.15, 0.2) is 22.8 Å². The molecule has 0 spiro atoms. The maximum Gasteiger partial charge on any atom is 0.0749 e. The van der Waals surface area contributed by atoms with Crippen LogP contribution < -0.4 is 0 Å². The number of aryl methyl sites for hydroxylation is 2. The van der Waals surface area contributed by atoms with E-state index >= 15 is 0 Å². The lowest BCUT2D eigenvalue weighted by Gasteiger charge is -2.17. The molecule has 1 aliphatic rings. The van der Waals surface area contributed by atoms with Crippen LogP contribution in [0.3, 0.4) is 0 Å². The lowest BCUT2D eigenvalue weighted by Crippen LogP contribution is -2.04. The Kier molecular flexibility index (Phi) is 2.64. The standard InChI is InChI=1S/C13H11BrClN/c14-12-10-6-5-8-3-1-2-4-9(8)13(10)16-7-11(12)15/h5-7H,1-4H2. The van der Waals surface area contributed by atoms with Gasteiger partial charge in [0.15, 0.2) is 0 Å². The Morgan fingerprint density at radius 1 is 1.19 bits per heavy atom. The van der Waals surface area contributed by atoms with Crippen molar-refractivity contribution in [1.29, 1.82) is 0 Å². The monoisotopic (exact) mass is 295 g/mol. The van der Waals surface area contributed by atoms with Crippen LogP contribution in [0, 0.1) is 0 Å². The van der Waals surface area contributed by atoms with Gasteiger partial charge in [-0.1, -0.05) is 23.7 Å². The van der Waals surface area contributed by atoms with Crippen LogP contribution in [0.1, 0.15) is 24.0 Å². The second-order valence-electron chi connectivity index (χ2n) is 4.23. The van der Waals surface area contributed by atoms with Gasteiger partial charge in [-0.15, -0.1) is 0 Å². The molecule has 1 nitrogen and oxygen atoms in total. The van der Waals surface area contributed by atoms with Crippen LogP contribution in [-0.2, 0) is 12.8 Å². The average molecular weight is 297 g/mol. The van der Waals surface area contributed by atoms with E-state index in [1.54, 1.807) is 6.20 Å². The number of hydrogen-bond donors (Lipinski definition) is 0. The summed E-state index contributed by atoms with van der Waals surface area (Å²) >= 11 is 9.60. The molecule has 82 valence electrons. The topological polar surface area (TPSA) is 12.9 Å². The first-order chi connectivity index (χ1) is 7.77. The molecule has 0 saturated carbocycles. The summed E-state index contributed by atoms with van der Waals surface area (Å²) in [6.45, 7) is 0. The molecular weight excluding hydrogens is 286 g/mol. The number of nitrogens with zero attached hydrogens (tertiary/aromatic N) is 1. The smallest absolute Gasteiger partial charge is 0.0749 e. The number of halogens is 2. The van der Waals surface area contributed by atoms with E-state index < -0.39 is 0 Å². The highest BCUT2D eigenvalue weighted by Crippen LogP contribution is 2.34. The van der Waals surface area contributed by atoms with Gasteiger partial charge in [0.1, 0.15) is 0 Å². The second-order valence-corrected chi connectivity index (χ2v) is 5.43. The number of aromatic nitrogens is 1. The van der Waals surface area contributed by atoms with Crippen molar-refractivity contribution in [1.82, 2.24) is 4.98 Å². The lowest BCUT2D eigenvalue weighted by molar-refractivity contribution is 0.689. The molecule has 0 radical (unpaired) electrons. The maximum absolute atomic E-state index is 6.06. The molecule has 1 heterocycles. The minimum atomic E-state index is 0.684. The van der Waals surface area contributed by atoms with Crippen molar-refractivity contribution in [2.24, 2.45) is 0 Å². The maximum atomic E-state index is 6.06. The Balaban J connectivity index is 2.36. The fourth-order valence-corrected chi connectivity index (χ4v) is 3.01. The Bertz CT molecular complexity index is 565. The summed E-state index contributed by atoms with van der Waals surface area (Å²) in [5.74, 6) is 0. The highest BCUT2D eigenvalue weighted by atomic mass is 79.9. The Hall–Kier alpha value is -0.600. The normalized spacial score (nSPS) is 15.1. The van der Waals surface area contributed by atoms with Crippen LogP contribution in [-0.4, -0.2) is 4.98 Å². The van der Waals surface area contributed by atoms with Crippen LogP contribution in [0.2, 0.25) is 5.02 Å². The van der Waals surface area contributed by atoms with Crippen molar-refractivity contribution in [2.45, 2.75) is 25.7 Å². The fourth-order valence-electron chi connectivity index (χ4n) is 2.44. The van der Waals surface area contributed by atoms with Crippen LogP contribution in [0.25, 0.3) is 10.9 Å². The van der Waals surface area contributed by atoms with E-state index in [9.17, 15) is 0 Å². The molecule has 16 heavy (non-hydrogen) atoms. The van der Waals surface area contributed by atoms with Crippen LogP contribution in [0.5, 0.6) is 0 Å². The summed E-state index contributed by atoms with van der Waals surface area (Å²) in [5.41, 5.74) is 4.00. The largest absolute Gasteiger partial charge is 0.254 e. The van der Waals surface area contributed by atoms with Gasteiger partial charge in [0.2, 0.25) is 0 Å². The van der Waals surface area contributed by atoms with Gasteiger partial charge in [-0.05, 0) is 52.7 Å². The van der Waals surface area contributed by atoms with E-state index in [1.807, 2.05) is 0 Å². The van der Waals surface area contributed by atoms with Crippen molar-refractivity contribution in [3.05, 3.63) is 39.0 Å². The Labute approximate surface area is 108 Å². The molecule has 1 aromatic heterocycles. The van der Waals surface area contributed by atoms with E-state index in [2.05, 4.69) is 33.0 Å². The van der Waals surface area contributed by atoms with E-state index in [1.165, 1.54) is 30.4 Å². The van der Waals surface area contributed by atoms with Crippen molar-refractivity contribution in [3.63, 3.8) is 0 Å². The highest BCUT2D eigenvalue weighted by Gasteiger charge is 2.15. The Morgan fingerprint density at radius 2 is 2.00 bits per heavy atom. The number of hydrogen-bond acceptors (Lipinski definition) is 1. The van der Waals surface area contributed by atoms with Gasteiger partial charge in [-0.2, -0.15) is 0 Å². The van der Waals surface area contributed by atoms with Gasteiger partial charge in [-0.3, -0.25) is 4.98 Å². The molecule has 1 aromatic carbocycles. The lowest BCUT2D eigenvalue weighted by atomic mass is 9.90. The average Bonchev–Trinajstić information content (AvgIpc) is 2.33. The van der Waals surface area contributed by atoms with Gasteiger partial charge >= 0.3 is 0 Å². The van der Waals surface area contributed by atoms with E-state index in [4.69, 9.17) is 11.6 Å². The zero-order valence-corrected chi connectivity index (χ0v) is 11.1. The molecule has 0 N–H and O–H groups in total. The summed E-state index contributed by atoms with van der Waals surface area (Å²) in [4.78, 5) is 4.49. The SMILES string of the molecule is Clc1cnc2c3c(ccc2c1Br)CCCC3. The third kappa shape index (κ3) is 1.56. The number of fused-ring (bicyclic) bond motifs is 3. The predicted octanol–water partition coefficient (Wildman–Crippen LogP) is 4.53. The summed E-state index contributed by atoms with van der Waals surface area (Å²) in [5, 5.41) is 1.82. The summed E-state index contributed by atoms with van der Waals surface area (Å²) in [7, 11) is 0. The quantitative estimate of drug-likeness (QED) is 0.696. The molecular formula is C13H11BrClN. The van der Waals surface area contributed by atoms with Crippen LogP contribution in [0.4, 0.5) is 0 Å². The first kappa shape index (κ1) is 10.5. The zero-order valence-electron chi connectivity index (χ0n) is 8.76. The second kappa shape index (κ2) is 4.01. The summed E-state index contributed by atoms with van der Waals surface area (Å²) < 4.78 is 0.965. The molecule has 0 fully saturated rings. The highest BCUT2D eigenvalue weighted by molar-refractivity contribution is 9.10. The van der Waals surface area contributed by atoms with Crippen molar-refractivity contribution >= 4 is 38.4 Å². The fraction of sp³-hybridized carbons (Fsp3) is 0.308. The van der Waals surface area contributed by atoms with Gasteiger partial charge in [-0.25, -0.2) is 0 Å². The third-order valence-electron chi connectivity index (χ3n) is 3.26. The summed E-state index contributed by atoms with van der Waals surface area (Å²) in [6.07, 6.45) is 6.64. The molecule has 0 atom stereocenters. The van der Waals surface area contributed by atoms with Gasteiger partial charge in [0.05, 0.1) is 10.5 Å². The molecule has 0 aliphatic heterocycles. The molecule has 0 bridgehead atoms.